The number of nitriles is 1. The van der Waals surface area contributed by atoms with E-state index in [-0.39, 0.29) is 23.2 Å². The lowest BCUT2D eigenvalue weighted by Gasteiger charge is -2.28. The van der Waals surface area contributed by atoms with E-state index in [2.05, 4.69) is 6.07 Å². The van der Waals surface area contributed by atoms with E-state index in [0.29, 0.717) is 29.1 Å². The van der Waals surface area contributed by atoms with Crippen molar-refractivity contribution in [2.75, 3.05) is 13.1 Å². The van der Waals surface area contributed by atoms with Crippen molar-refractivity contribution in [1.29, 1.82) is 5.26 Å². The van der Waals surface area contributed by atoms with Gasteiger partial charge in [0.05, 0.1) is 10.6 Å². The summed E-state index contributed by atoms with van der Waals surface area (Å²) in [6.45, 7) is 7.36. The fourth-order valence-corrected chi connectivity index (χ4v) is 4.59. The highest BCUT2D eigenvalue weighted by Crippen LogP contribution is 2.36. The maximum Gasteiger partial charge on any atom is 0.228 e. The van der Waals surface area contributed by atoms with E-state index in [4.69, 9.17) is 11.6 Å². The predicted molar refractivity (Wildman–Crippen MR) is 122 cm³/mol. The van der Waals surface area contributed by atoms with Crippen LogP contribution in [0.1, 0.15) is 62.6 Å². The first-order valence-corrected chi connectivity index (χ1v) is 11.4. The first-order valence-electron chi connectivity index (χ1n) is 11.1. The minimum absolute atomic E-state index is 0.0700. The van der Waals surface area contributed by atoms with Gasteiger partial charge in [-0.25, -0.2) is 8.78 Å². The summed E-state index contributed by atoms with van der Waals surface area (Å²) >= 11 is 6.28. The topological polar surface area (TPSA) is 44.1 Å². The van der Waals surface area contributed by atoms with Crippen LogP contribution in [0.2, 0.25) is 5.02 Å². The van der Waals surface area contributed by atoms with Gasteiger partial charge in [-0.3, -0.25) is 4.79 Å². The van der Waals surface area contributed by atoms with Crippen molar-refractivity contribution in [3.63, 3.8) is 0 Å². The highest BCUT2D eigenvalue weighted by molar-refractivity contribution is 6.31. The van der Waals surface area contributed by atoms with Crippen LogP contribution in [0.15, 0.2) is 36.4 Å². The number of benzene rings is 2. The van der Waals surface area contributed by atoms with E-state index in [9.17, 15) is 18.8 Å². The van der Waals surface area contributed by atoms with Crippen LogP contribution < -0.4 is 0 Å². The second-order valence-electron chi connectivity index (χ2n) is 9.37. The molecule has 2 aromatic rings. The van der Waals surface area contributed by atoms with Crippen molar-refractivity contribution >= 4 is 17.5 Å². The number of hydrogen-bond acceptors (Lipinski definition) is 2. The summed E-state index contributed by atoms with van der Waals surface area (Å²) in [5, 5.41) is 9.55. The second-order valence-corrected chi connectivity index (χ2v) is 9.77. The molecule has 0 bridgehead atoms. The molecular formula is C26H29ClF2N2O. The molecule has 3 rings (SSSR count). The molecule has 0 spiro atoms. The molecule has 3 nitrogen and oxygen atoms in total. The molecular weight excluding hydrogens is 430 g/mol. The van der Waals surface area contributed by atoms with Gasteiger partial charge in [-0.05, 0) is 66.8 Å². The number of rotatable bonds is 7. The summed E-state index contributed by atoms with van der Waals surface area (Å²) in [5.41, 5.74) is 1.36. The minimum atomic E-state index is -0.604. The van der Waals surface area contributed by atoms with Gasteiger partial charge in [0, 0.05) is 24.6 Å². The number of likely N-dealkylation sites (tertiary alicyclic amines) is 1. The summed E-state index contributed by atoms with van der Waals surface area (Å²) in [6, 6.07) is 11.0. The van der Waals surface area contributed by atoms with Crippen LogP contribution in [-0.4, -0.2) is 23.9 Å². The molecule has 0 radical (unpaired) electrons. The summed E-state index contributed by atoms with van der Waals surface area (Å²) < 4.78 is 27.8. The quantitative estimate of drug-likeness (QED) is 0.475. The standard InChI is InChI=1S/C26H29ClF2N2O/c1-4-26(2,3)25(32)31-10-9-17(16-31)11-21(12-19-7-8-22(28)14-24(19)29)18-5-6-20(15-30)23(27)13-18/h5-8,13-14,17,21H,4,9-12,16H2,1-3H3/t17-,21?/m1/s1. The molecule has 170 valence electrons. The Morgan fingerprint density at radius 2 is 2.03 bits per heavy atom. The van der Waals surface area contributed by atoms with Gasteiger partial charge in [0.2, 0.25) is 5.91 Å². The van der Waals surface area contributed by atoms with Crippen molar-refractivity contribution in [1.82, 2.24) is 4.90 Å². The molecule has 1 fully saturated rings. The van der Waals surface area contributed by atoms with Gasteiger partial charge < -0.3 is 4.90 Å². The molecule has 0 saturated carbocycles. The number of carbonyl (C=O) groups is 1. The van der Waals surface area contributed by atoms with E-state index in [0.717, 1.165) is 37.4 Å². The summed E-state index contributed by atoms with van der Waals surface area (Å²) in [6.07, 6.45) is 2.80. The van der Waals surface area contributed by atoms with Gasteiger partial charge in [0.25, 0.3) is 0 Å². The van der Waals surface area contributed by atoms with E-state index < -0.39 is 11.6 Å². The number of hydrogen-bond donors (Lipinski definition) is 0. The number of carbonyl (C=O) groups excluding carboxylic acids is 1. The molecule has 1 aliphatic heterocycles. The lowest BCUT2D eigenvalue weighted by atomic mass is 9.83. The van der Waals surface area contributed by atoms with E-state index >= 15 is 0 Å². The van der Waals surface area contributed by atoms with Crippen molar-refractivity contribution in [3.8, 4) is 6.07 Å². The van der Waals surface area contributed by atoms with Crippen LogP contribution >= 0.6 is 11.6 Å². The first-order chi connectivity index (χ1) is 15.1. The summed E-state index contributed by atoms with van der Waals surface area (Å²) in [5.74, 6) is -0.797. The molecule has 2 aromatic carbocycles. The van der Waals surface area contributed by atoms with E-state index in [1.165, 1.54) is 12.1 Å². The highest BCUT2D eigenvalue weighted by Gasteiger charge is 2.35. The molecule has 32 heavy (non-hydrogen) atoms. The van der Waals surface area contributed by atoms with Crippen molar-refractivity contribution in [2.45, 2.75) is 52.4 Å². The van der Waals surface area contributed by atoms with Gasteiger partial charge in [-0.1, -0.05) is 44.5 Å². The largest absolute Gasteiger partial charge is 0.342 e. The van der Waals surface area contributed by atoms with Crippen LogP contribution in [0.3, 0.4) is 0 Å². The lowest BCUT2D eigenvalue weighted by molar-refractivity contribution is -0.139. The Kier molecular flexibility index (Phi) is 7.56. The molecule has 0 aromatic heterocycles. The van der Waals surface area contributed by atoms with Crippen LogP contribution in [0.4, 0.5) is 8.78 Å². The second kappa shape index (κ2) is 10.0. The van der Waals surface area contributed by atoms with Crippen molar-refractivity contribution < 1.29 is 13.6 Å². The SMILES string of the molecule is CCC(C)(C)C(=O)N1CC[C@H](CC(Cc2ccc(F)cc2F)c2ccc(C#N)c(Cl)c2)C1. The van der Waals surface area contributed by atoms with Crippen molar-refractivity contribution in [3.05, 3.63) is 69.7 Å². The third kappa shape index (κ3) is 5.48. The van der Waals surface area contributed by atoms with E-state index in [1.54, 1.807) is 12.1 Å². The fraction of sp³-hybridized carbons (Fsp3) is 0.462. The monoisotopic (exact) mass is 458 g/mol. The molecule has 6 heteroatoms. The van der Waals surface area contributed by atoms with Gasteiger partial charge >= 0.3 is 0 Å². The predicted octanol–water partition coefficient (Wildman–Crippen LogP) is 6.49. The summed E-state index contributed by atoms with van der Waals surface area (Å²) in [4.78, 5) is 14.8. The summed E-state index contributed by atoms with van der Waals surface area (Å²) in [7, 11) is 0. The van der Waals surface area contributed by atoms with Crippen LogP contribution in [0.5, 0.6) is 0 Å². The zero-order valence-electron chi connectivity index (χ0n) is 18.8. The lowest BCUT2D eigenvalue weighted by Crippen LogP contribution is -2.39. The Bertz CT molecular complexity index is 1030. The zero-order valence-corrected chi connectivity index (χ0v) is 19.6. The number of amides is 1. The molecule has 1 aliphatic rings. The maximum absolute atomic E-state index is 14.4. The minimum Gasteiger partial charge on any atom is -0.342 e. The zero-order chi connectivity index (χ0) is 23.5. The first kappa shape index (κ1) is 24.2. The Morgan fingerprint density at radius 1 is 1.28 bits per heavy atom. The molecule has 1 saturated heterocycles. The molecule has 2 atom stereocenters. The van der Waals surface area contributed by atoms with Crippen LogP contribution in [-0.2, 0) is 11.2 Å². The average molecular weight is 459 g/mol. The fourth-order valence-electron chi connectivity index (χ4n) is 4.36. The van der Waals surface area contributed by atoms with Gasteiger partial charge in [-0.15, -0.1) is 0 Å². The van der Waals surface area contributed by atoms with E-state index in [1.807, 2.05) is 31.7 Å². The van der Waals surface area contributed by atoms with Gasteiger partial charge in [0.1, 0.15) is 17.7 Å². The van der Waals surface area contributed by atoms with Gasteiger partial charge in [0.15, 0.2) is 0 Å². The number of nitrogens with zero attached hydrogens (tertiary/aromatic N) is 2. The average Bonchev–Trinajstić information content (AvgIpc) is 3.22. The van der Waals surface area contributed by atoms with Crippen LogP contribution in [0.25, 0.3) is 0 Å². The third-order valence-corrected chi connectivity index (χ3v) is 7.03. The molecule has 0 aliphatic carbocycles. The highest BCUT2D eigenvalue weighted by atomic mass is 35.5. The maximum atomic E-state index is 14.4. The van der Waals surface area contributed by atoms with Crippen molar-refractivity contribution in [2.24, 2.45) is 11.3 Å². The van der Waals surface area contributed by atoms with Crippen LogP contribution in [0, 0.1) is 34.3 Å². The van der Waals surface area contributed by atoms with Gasteiger partial charge in [-0.2, -0.15) is 5.26 Å². The molecule has 1 unspecified atom stereocenters. The molecule has 0 N–H and O–H groups in total. The Balaban J connectivity index is 1.82. The smallest absolute Gasteiger partial charge is 0.228 e. The normalized spacial score (nSPS) is 17.3. The molecule has 1 amide bonds. The molecule has 1 heterocycles. The third-order valence-electron chi connectivity index (χ3n) is 6.72. The Labute approximate surface area is 194 Å². The number of halogens is 3. The Hall–Kier alpha value is -2.45. The Morgan fingerprint density at radius 3 is 2.66 bits per heavy atom.